The number of carbonyl (C=O) groups is 1. The van der Waals surface area contributed by atoms with E-state index in [0.717, 1.165) is 27.5 Å². The standard InChI is InChI=1S/C17H19NOS/c1-4-20-16-11-6-5-9-14(16)17(19)18-15-10-7-8-12(2)13(15)3/h5-11H,4H2,1-3H3,(H,18,19). The molecule has 2 aromatic carbocycles. The van der Waals surface area contributed by atoms with Crippen molar-refractivity contribution in [3.05, 3.63) is 59.2 Å². The third-order valence-corrected chi connectivity index (χ3v) is 4.24. The van der Waals surface area contributed by atoms with E-state index in [4.69, 9.17) is 0 Å². The summed E-state index contributed by atoms with van der Waals surface area (Å²) in [5.74, 6) is 0.906. The van der Waals surface area contributed by atoms with Crippen molar-refractivity contribution in [2.45, 2.75) is 25.7 Å². The van der Waals surface area contributed by atoms with Crippen molar-refractivity contribution in [3.63, 3.8) is 0 Å². The lowest BCUT2D eigenvalue weighted by molar-refractivity contribution is 0.102. The normalized spacial score (nSPS) is 10.3. The zero-order valence-electron chi connectivity index (χ0n) is 12.1. The fraction of sp³-hybridized carbons (Fsp3) is 0.235. The van der Waals surface area contributed by atoms with Crippen molar-refractivity contribution >= 4 is 23.4 Å². The van der Waals surface area contributed by atoms with Gasteiger partial charge in [0.25, 0.3) is 5.91 Å². The molecule has 0 saturated carbocycles. The van der Waals surface area contributed by atoms with Gasteiger partial charge in [-0.15, -0.1) is 11.8 Å². The Bertz CT molecular complexity index is 622. The highest BCUT2D eigenvalue weighted by Gasteiger charge is 2.12. The van der Waals surface area contributed by atoms with E-state index in [-0.39, 0.29) is 5.91 Å². The van der Waals surface area contributed by atoms with E-state index in [2.05, 4.69) is 12.2 Å². The quantitative estimate of drug-likeness (QED) is 0.827. The minimum absolute atomic E-state index is 0.0461. The average Bonchev–Trinajstić information content (AvgIpc) is 2.45. The van der Waals surface area contributed by atoms with Gasteiger partial charge in [-0.3, -0.25) is 4.79 Å². The second-order valence-corrected chi connectivity index (χ2v) is 5.94. The Morgan fingerprint density at radius 1 is 1.10 bits per heavy atom. The van der Waals surface area contributed by atoms with E-state index < -0.39 is 0 Å². The number of amides is 1. The maximum atomic E-state index is 12.4. The van der Waals surface area contributed by atoms with Crippen LogP contribution in [0.5, 0.6) is 0 Å². The maximum Gasteiger partial charge on any atom is 0.256 e. The van der Waals surface area contributed by atoms with Gasteiger partial charge < -0.3 is 5.32 Å². The summed E-state index contributed by atoms with van der Waals surface area (Å²) in [6, 6.07) is 13.7. The van der Waals surface area contributed by atoms with Crippen LogP contribution in [-0.2, 0) is 0 Å². The molecule has 0 aliphatic heterocycles. The number of nitrogens with one attached hydrogen (secondary N) is 1. The van der Waals surface area contributed by atoms with Crippen LogP contribution >= 0.6 is 11.8 Å². The molecular formula is C17H19NOS. The van der Waals surface area contributed by atoms with Crippen LogP contribution in [0.1, 0.15) is 28.4 Å². The van der Waals surface area contributed by atoms with Crippen molar-refractivity contribution in [1.29, 1.82) is 0 Å². The number of rotatable bonds is 4. The molecule has 1 amide bonds. The number of aryl methyl sites for hydroxylation is 1. The number of benzene rings is 2. The van der Waals surface area contributed by atoms with Gasteiger partial charge in [-0.1, -0.05) is 31.2 Å². The molecule has 2 aromatic rings. The third kappa shape index (κ3) is 3.23. The van der Waals surface area contributed by atoms with E-state index in [0.29, 0.717) is 0 Å². The van der Waals surface area contributed by atoms with Crippen LogP contribution in [0.4, 0.5) is 5.69 Å². The molecule has 0 aromatic heterocycles. The monoisotopic (exact) mass is 285 g/mol. The Morgan fingerprint density at radius 2 is 1.85 bits per heavy atom. The van der Waals surface area contributed by atoms with Crippen molar-refractivity contribution in [2.75, 3.05) is 11.1 Å². The van der Waals surface area contributed by atoms with Gasteiger partial charge in [0.1, 0.15) is 0 Å². The Kier molecular flexibility index (Phi) is 4.85. The summed E-state index contributed by atoms with van der Waals surface area (Å²) in [6.07, 6.45) is 0. The second kappa shape index (κ2) is 6.62. The van der Waals surface area contributed by atoms with Gasteiger partial charge >= 0.3 is 0 Å². The van der Waals surface area contributed by atoms with Crippen LogP contribution in [0.2, 0.25) is 0 Å². The number of anilines is 1. The molecule has 2 nitrogen and oxygen atoms in total. The highest BCUT2D eigenvalue weighted by Crippen LogP contribution is 2.24. The summed E-state index contributed by atoms with van der Waals surface area (Å²) in [4.78, 5) is 13.5. The van der Waals surface area contributed by atoms with E-state index in [9.17, 15) is 4.79 Å². The first-order valence-electron chi connectivity index (χ1n) is 6.73. The molecular weight excluding hydrogens is 266 g/mol. The molecule has 0 spiro atoms. The Labute approximate surface area is 124 Å². The van der Waals surface area contributed by atoms with Crippen LogP contribution in [0.25, 0.3) is 0 Å². The minimum Gasteiger partial charge on any atom is -0.322 e. The summed E-state index contributed by atoms with van der Waals surface area (Å²) >= 11 is 1.69. The van der Waals surface area contributed by atoms with E-state index >= 15 is 0 Å². The van der Waals surface area contributed by atoms with Gasteiger partial charge in [-0.2, -0.15) is 0 Å². The molecule has 0 fully saturated rings. The molecule has 0 radical (unpaired) electrons. The predicted octanol–water partition coefficient (Wildman–Crippen LogP) is 4.67. The minimum atomic E-state index is -0.0461. The van der Waals surface area contributed by atoms with Gasteiger partial charge in [-0.25, -0.2) is 0 Å². The highest BCUT2D eigenvalue weighted by molar-refractivity contribution is 7.99. The van der Waals surface area contributed by atoms with Gasteiger partial charge in [-0.05, 0) is 48.9 Å². The lowest BCUT2D eigenvalue weighted by Crippen LogP contribution is -2.14. The van der Waals surface area contributed by atoms with Gasteiger partial charge in [0.05, 0.1) is 5.56 Å². The Morgan fingerprint density at radius 3 is 2.60 bits per heavy atom. The molecule has 104 valence electrons. The molecule has 0 saturated heterocycles. The smallest absolute Gasteiger partial charge is 0.256 e. The molecule has 0 aliphatic rings. The van der Waals surface area contributed by atoms with E-state index in [1.165, 1.54) is 5.56 Å². The maximum absolute atomic E-state index is 12.4. The number of carbonyl (C=O) groups excluding carboxylic acids is 1. The molecule has 3 heteroatoms. The summed E-state index contributed by atoms with van der Waals surface area (Å²) in [5, 5.41) is 3.01. The average molecular weight is 285 g/mol. The van der Waals surface area contributed by atoms with Crippen molar-refractivity contribution in [1.82, 2.24) is 0 Å². The zero-order chi connectivity index (χ0) is 14.5. The predicted molar refractivity (Wildman–Crippen MR) is 86.7 cm³/mol. The molecule has 0 heterocycles. The summed E-state index contributed by atoms with van der Waals surface area (Å²) in [7, 11) is 0. The lowest BCUT2D eigenvalue weighted by atomic mass is 10.1. The second-order valence-electron chi connectivity index (χ2n) is 4.63. The van der Waals surface area contributed by atoms with Gasteiger partial charge in [0.2, 0.25) is 0 Å². The summed E-state index contributed by atoms with van der Waals surface area (Å²) in [6.45, 7) is 6.16. The molecule has 20 heavy (non-hydrogen) atoms. The highest BCUT2D eigenvalue weighted by atomic mass is 32.2. The molecule has 1 N–H and O–H groups in total. The van der Waals surface area contributed by atoms with Crippen LogP contribution in [0.3, 0.4) is 0 Å². The van der Waals surface area contributed by atoms with Crippen molar-refractivity contribution in [2.24, 2.45) is 0 Å². The lowest BCUT2D eigenvalue weighted by Gasteiger charge is -2.12. The number of hydrogen-bond donors (Lipinski definition) is 1. The van der Waals surface area contributed by atoms with E-state index in [1.54, 1.807) is 11.8 Å². The molecule has 0 bridgehead atoms. The molecule has 0 unspecified atom stereocenters. The summed E-state index contributed by atoms with van der Waals surface area (Å²) < 4.78 is 0. The van der Waals surface area contributed by atoms with Gasteiger partial charge in [0.15, 0.2) is 0 Å². The van der Waals surface area contributed by atoms with Crippen LogP contribution in [-0.4, -0.2) is 11.7 Å². The fourth-order valence-corrected chi connectivity index (χ4v) is 2.81. The summed E-state index contributed by atoms with van der Waals surface area (Å²) in [5.41, 5.74) is 3.91. The Balaban J connectivity index is 2.26. The number of thioether (sulfide) groups is 1. The van der Waals surface area contributed by atoms with Crippen molar-refractivity contribution in [3.8, 4) is 0 Å². The van der Waals surface area contributed by atoms with Crippen LogP contribution in [0.15, 0.2) is 47.4 Å². The van der Waals surface area contributed by atoms with E-state index in [1.807, 2.05) is 56.3 Å². The molecule has 0 atom stereocenters. The first kappa shape index (κ1) is 14.7. The van der Waals surface area contributed by atoms with Gasteiger partial charge in [0, 0.05) is 10.6 Å². The third-order valence-electron chi connectivity index (χ3n) is 3.28. The van der Waals surface area contributed by atoms with Crippen LogP contribution in [0, 0.1) is 13.8 Å². The number of hydrogen-bond acceptors (Lipinski definition) is 2. The fourth-order valence-electron chi connectivity index (χ4n) is 2.01. The first-order chi connectivity index (χ1) is 9.63. The largest absolute Gasteiger partial charge is 0.322 e. The van der Waals surface area contributed by atoms with Crippen molar-refractivity contribution < 1.29 is 4.79 Å². The Hall–Kier alpha value is -1.74. The molecule has 0 aliphatic carbocycles. The molecule has 2 rings (SSSR count). The van der Waals surface area contributed by atoms with Crippen LogP contribution < -0.4 is 5.32 Å². The topological polar surface area (TPSA) is 29.1 Å². The SMILES string of the molecule is CCSc1ccccc1C(=O)Nc1cccc(C)c1C. The zero-order valence-corrected chi connectivity index (χ0v) is 12.9. The first-order valence-corrected chi connectivity index (χ1v) is 7.71.